The Kier molecular flexibility index (Phi) is 6.98. The molecule has 2 atom stereocenters. The molecule has 2 saturated heterocycles. The number of likely N-dealkylation sites (N-methyl/N-ethyl adjacent to an activating group) is 1. The lowest BCUT2D eigenvalue weighted by atomic mass is 9.96. The third-order valence-electron chi connectivity index (χ3n) is 5.95. The van der Waals surface area contributed by atoms with Crippen molar-refractivity contribution < 1.29 is 31.9 Å². The van der Waals surface area contributed by atoms with Gasteiger partial charge in [0, 0.05) is 31.7 Å². The van der Waals surface area contributed by atoms with Gasteiger partial charge in [-0.3, -0.25) is 14.4 Å². The van der Waals surface area contributed by atoms with Crippen LogP contribution in [0.5, 0.6) is 0 Å². The maximum atomic E-state index is 13.0. The minimum atomic E-state index is -3.13. The van der Waals surface area contributed by atoms with Crippen LogP contribution in [0.3, 0.4) is 0 Å². The molecule has 2 heterocycles. The van der Waals surface area contributed by atoms with Crippen molar-refractivity contribution in [2.45, 2.75) is 38.3 Å². The number of hydrogen-bond acceptors (Lipinski definition) is 6. The van der Waals surface area contributed by atoms with E-state index in [9.17, 15) is 27.2 Å². The minimum Gasteiger partial charge on any atom is -0.452 e. The quantitative estimate of drug-likeness (QED) is 0.621. The van der Waals surface area contributed by atoms with Crippen LogP contribution in [0.15, 0.2) is 24.3 Å². The summed E-state index contributed by atoms with van der Waals surface area (Å²) < 4.78 is 41.7. The largest absolute Gasteiger partial charge is 0.452 e. The molecule has 0 bridgehead atoms. The van der Waals surface area contributed by atoms with E-state index in [0.29, 0.717) is 37.9 Å². The first-order valence-corrected chi connectivity index (χ1v) is 12.1. The topological polar surface area (TPSA) is 101 Å². The SMILES string of the molecule is C[C@H](OC(=O)C1CCN(C(=O)c2ccc(F)cc2)CC1)C(=O)N(C)[C@H]1CCS(=O)(=O)C1. The Morgan fingerprint density at radius 2 is 1.74 bits per heavy atom. The highest BCUT2D eigenvalue weighted by Gasteiger charge is 2.36. The van der Waals surface area contributed by atoms with Gasteiger partial charge in [0.25, 0.3) is 11.8 Å². The third kappa shape index (κ3) is 5.61. The van der Waals surface area contributed by atoms with Crippen molar-refractivity contribution in [2.24, 2.45) is 5.92 Å². The van der Waals surface area contributed by atoms with Crippen molar-refractivity contribution >= 4 is 27.6 Å². The molecule has 0 saturated carbocycles. The number of ether oxygens (including phenoxy) is 1. The Morgan fingerprint density at radius 3 is 2.29 bits per heavy atom. The number of esters is 1. The van der Waals surface area contributed by atoms with Gasteiger partial charge in [0.05, 0.1) is 17.4 Å². The molecule has 1 aromatic carbocycles. The van der Waals surface area contributed by atoms with Crippen LogP contribution in [0.2, 0.25) is 0 Å². The van der Waals surface area contributed by atoms with Gasteiger partial charge in [-0.05, 0) is 50.5 Å². The van der Waals surface area contributed by atoms with Crippen LogP contribution in [0.4, 0.5) is 4.39 Å². The van der Waals surface area contributed by atoms with Gasteiger partial charge in [0.1, 0.15) is 5.82 Å². The summed E-state index contributed by atoms with van der Waals surface area (Å²) in [4.78, 5) is 40.5. The van der Waals surface area contributed by atoms with E-state index >= 15 is 0 Å². The van der Waals surface area contributed by atoms with Crippen molar-refractivity contribution in [3.8, 4) is 0 Å². The number of likely N-dealkylation sites (tertiary alicyclic amines) is 1. The number of sulfone groups is 1. The van der Waals surface area contributed by atoms with E-state index < -0.39 is 45.6 Å². The molecule has 2 aliphatic rings. The van der Waals surface area contributed by atoms with Crippen molar-refractivity contribution in [1.82, 2.24) is 9.80 Å². The van der Waals surface area contributed by atoms with E-state index in [1.54, 1.807) is 4.90 Å². The van der Waals surface area contributed by atoms with Gasteiger partial charge >= 0.3 is 5.97 Å². The van der Waals surface area contributed by atoms with Crippen LogP contribution in [0.25, 0.3) is 0 Å². The number of rotatable bonds is 5. The van der Waals surface area contributed by atoms with Gasteiger partial charge in [-0.2, -0.15) is 0 Å². The lowest BCUT2D eigenvalue weighted by molar-refractivity contribution is -0.163. The highest BCUT2D eigenvalue weighted by molar-refractivity contribution is 7.91. The number of piperidine rings is 1. The molecule has 0 unspecified atom stereocenters. The van der Waals surface area contributed by atoms with Crippen molar-refractivity contribution in [3.63, 3.8) is 0 Å². The molecule has 10 heteroatoms. The van der Waals surface area contributed by atoms with Crippen LogP contribution in [0, 0.1) is 11.7 Å². The summed E-state index contributed by atoms with van der Waals surface area (Å²) in [6, 6.07) is 4.91. The molecule has 31 heavy (non-hydrogen) atoms. The lowest BCUT2D eigenvalue weighted by Crippen LogP contribution is -2.45. The van der Waals surface area contributed by atoms with Crippen LogP contribution in [-0.4, -0.2) is 79.8 Å². The molecule has 0 aromatic heterocycles. The predicted octanol–water partition coefficient (Wildman–Crippen LogP) is 1.26. The third-order valence-corrected chi connectivity index (χ3v) is 7.70. The Hall–Kier alpha value is -2.49. The van der Waals surface area contributed by atoms with Crippen LogP contribution >= 0.6 is 0 Å². The summed E-state index contributed by atoms with van der Waals surface area (Å²) >= 11 is 0. The number of benzene rings is 1. The average Bonchev–Trinajstić information content (AvgIpc) is 3.12. The Bertz CT molecular complexity index is 941. The van der Waals surface area contributed by atoms with Gasteiger partial charge in [0.2, 0.25) is 0 Å². The Balaban J connectivity index is 1.48. The van der Waals surface area contributed by atoms with E-state index in [0.717, 1.165) is 0 Å². The molecule has 0 radical (unpaired) electrons. The molecule has 0 spiro atoms. The Labute approximate surface area is 181 Å². The van der Waals surface area contributed by atoms with Crippen molar-refractivity contribution in [3.05, 3.63) is 35.6 Å². The van der Waals surface area contributed by atoms with E-state index in [1.165, 1.54) is 43.1 Å². The van der Waals surface area contributed by atoms with Crippen molar-refractivity contribution in [1.29, 1.82) is 0 Å². The maximum Gasteiger partial charge on any atom is 0.309 e. The second-order valence-electron chi connectivity index (χ2n) is 8.16. The monoisotopic (exact) mass is 454 g/mol. The van der Waals surface area contributed by atoms with Gasteiger partial charge in [-0.25, -0.2) is 12.8 Å². The smallest absolute Gasteiger partial charge is 0.309 e. The highest BCUT2D eigenvalue weighted by Crippen LogP contribution is 2.22. The first-order chi connectivity index (χ1) is 14.6. The molecular weight excluding hydrogens is 427 g/mol. The van der Waals surface area contributed by atoms with E-state index in [1.807, 2.05) is 0 Å². The number of amides is 2. The molecule has 0 aliphatic carbocycles. The minimum absolute atomic E-state index is 0.0542. The van der Waals surface area contributed by atoms with Gasteiger partial charge in [-0.15, -0.1) is 0 Å². The molecule has 3 rings (SSSR count). The zero-order chi connectivity index (χ0) is 22.8. The molecule has 2 amide bonds. The summed E-state index contributed by atoms with van der Waals surface area (Å²) in [7, 11) is -1.60. The number of carbonyl (C=O) groups excluding carboxylic acids is 3. The summed E-state index contributed by atoms with van der Waals surface area (Å²) in [6.45, 7) is 2.20. The zero-order valence-corrected chi connectivity index (χ0v) is 18.4. The summed E-state index contributed by atoms with van der Waals surface area (Å²) in [5, 5.41) is 0. The molecule has 2 aliphatic heterocycles. The standard InChI is InChI=1S/C21H27FN2O6S/c1-14(19(25)23(2)18-9-12-31(28,29)13-18)30-21(27)16-7-10-24(11-8-16)20(26)15-3-5-17(22)6-4-15/h3-6,14,16,18H,7-13H2,1-2H3/t14-,18-/m0/s1. The second kappa shape index (κ2) is 9.33. The highest BCUT2D eigenvalue weighted by atomic mass is 32.2. The van der Waals surface area contributed by atoms with E-state index in [2.05, 4.69) is 0 Å². The molecule has 0 N–H and O–H groups in total. The van der Waals surface area contributed by atoms with Gasteiger partial charge in [-0.1, -0.05) is 0 Å². The maximum absolute atomic E-state index is 13.0. The first-order valence-electron chi connectivity index (χ1n) is 10.3. The van der Waals surface area contributed by atoms with E-state index in [4.69, 9.17) is 4.74 Å². The zero-order valence-electron chi connectivity index (χ0n) is 17.6. The van der Waals surface area contributed by atoms with Gasteiger partial charge in [0.15, 0.2) is 15.9 Å². The molecule has 2 fully saturated rings. The average molecular weight is 455 g/mol. The van der Waals surface area contributed by atoms with Gasteiger partial charge < -0.3 is 14.5 Å². The summed E-state index contributed by atoms with van der Waals surface area (Å²) in [5.74, 6) is -2.01. The van der Waals surface area contributed by atoms with E-state index in [-0.39, 0.29) is 17.4 Å². The predicted molar refractivity (Wildman–Crippen MR) is 110 cm³/mol. The number of halogens is 1. The fraction of sp³-hybridized carbons (Fsp3) is 0.571. The second-order valence-corrected chi connectivity index (χ2v) is 10.4. The molecule has 8 nitrogen and oxygen atoms in total. The molecule has 170 valence electrons. The normalized spacial score (nSPS) is 22.0. The fourth-order valence-electron chi connectivity index (χ4n) is 3.96. The molecular formula is C21H27FN2O6S. The summed E-state index contributed by atoms with van der Waals surface area (Å²) in [6.07, 6.45) is 0.179. The summed E-state index contributed by atoms with van der Waals surface area (Å²) in [5.41, 5.74) is 0.388. The Morgan fingerprint density at radius 1 is 1.13 bits per heavy atom. The van der Waals surface area contributed by atoms with Crippen LogP contribution in [0.1, 0.15) is 36.5 Å². The first kappa shape index (κ1) is 23.2. The fourth-order valence-corrected chi connectivity index (χ4v) is 5.74. The van der Waals surface area contributed by atoms with Crippen LogP contribution in [-0.2, 0) is 24.2 Å². The van der Waals surface area contributed by atoms with Crippen LogP contribution < -0.4 is 0 Å². The number of carbonyl (C=O) groups is 3. The van der Waals surface area contributed by atoms with Crippen molar-refractivity contribution in [2.75, 3.05) is 31.6 Å². The number of nitrogens with zero attached hydrogens (tertiary/aromatic N) is 2. The lowest BCUT2D eigenvalue weighted by Gasteiger charge is -2.32. The number of hydrogen-bond donors (Lipinski definition) is 0. The molecule has 1 aromatic rings.